The fourth-order valence-corrected chi connectivity index (χ4v) is 2.20. The Hall–Kier alpha value is -2.75. The van der Waals surface area contributed by atoms with Gasteiger partial charge in [-0.25, -0.2) is 4.68 Å². The number of aromatic nitrogens is 3. The molecule has 104 valence electrons. The summed E-state index contributed by atoms with van der Waals surface area (Å²) in [4.78, 5) is 12.3. The summed E-state index contributed by atoms with van der Waals surface area (Å²) in [6.07, 6.45) is 0. The standard InChI is InChI=1S/C17H15N3O/c1-12(2)13-7-9-14(10-8-13)17(21)11-20-16-6-4-3-5-15(16)18-19-20/h3-10H,1,11H2,2H3. The smallest absolute Gasteiger partial charge is 0.184 e. The molecule has 0 aliphatic rings. The predicted octanol–water partition coefficient (Wildman–Crippen LogP) is 3.35. The lowest BCUT2D eigenvalue weighted by Crippen LogP contribution is -2.11. The lowest BCUT2D eigenvalue weighted by Gasteiger charge is -2.04. The second-order valence-electron chi connectivity index (χ2n) is 5.02. The summed E-state index contributed by atoms with van der Waals surface area (Å²) >= 11 is 0. The van der Waals surface area contributed by atoms with Crippen LogP contribution in [0.4, 0.5) is 0 Å². The zero-order chi connectivity index (χ0) is 14.8. The summed E-state index contributed by atoms with van der Waals surface area (Å²) in [5.74, 6) is 0.0129. The highest BCUT2D eigenvalue weighted by molar-refractivity contribution is 5.96. The minimum absolute atomic E-state index is 0.0129. The van der Waals surface area contributed by atoms with Crippen LogP contribution in [0.5, 0.6) is 0 Å². The van der Waals surface area contributed by atoms with E-state index in [9.17, 15) is 4.79 Å². The maximum Gasteiger partial charge on any atom is 0.184 e. The van der Waals surface area contributed by atoms with Crippen LogP contribution in [0.25, 0.3) is 16.6 Å². The topological polar surface area (TPSA) is 47.8 Å². The highest BCUT2D eigenvalue weighted by Gasteiger charge is 2.10. The Bertz CT molecular complexity index is 815. The molecule has 0 saturated heterocycles. The first-order valence-electron chi connectivity index (χ1n) is 6.72. The van der Waals surface area contributed by atoms with Crippen LogP contribution in [0, 0.1) is 0 Å². The molecule has 0 amide bonds. The molecule has 1 aromatic heterocycles. The number of carbonyl (C=O) groups is 1. The number of rotatable bonds is 4. The van der Waals surface area contributed by atoms with Gasteiger partial charge in [-0.1, -0.05) is 53.8 Å². The summed E-state index contributed by atoms with van der Waals surface area (Å²) in [7, 11) is 0. The molecule has 0 N–H and O–H groups in total. The Labute approximate surface area is 122 Å². The van der Waals surface area contributed by atoms with Crippen LogP contribution in [-0.4, -0.2) is 20.8 Å². The van der Waals surface area contributed by atoms with Gasteiger partial charge in [-0.2, -0.15) is 0 Å². The van der Waals surface area contributed by atoms with Gasteiger partial charge in [-0.15, -0.1) is 5.10 Å². The van der Waals surface area contributed by atoms with E-state index in [1.54, 1.807) is 4.68 Å². The third-order valence-corrected chi connectivity index (χ3v) is 3.41. The van der Waals surface area contributed by atoms with Crippen LogP contribution in [0.1, 0.15) is 22.8 Å². The molecule has 0 unspecified atom stereocenters. The van der Waals surface area contributed by atoms with Crippen molar-refractivity contribution in [2.24, 2.45) is 0 Å². The van der Waals surface area contributed by atoms with Crippen molar-refractivity contribution in [3.05, 3.63) is 66.2 Å². The molecule has 0 saturated carbocycles. The van der Waals surface area contributed by atoms with Gasteiger partial charge < -0.3 is 0 Å². The monoisotopic (exact) mass is 277 g/mol. The van der Waals surface area contributed by atoms with Gasteiger partial charge in [-0.3, -0.25) is 4.79 Å². The lowest BCUT2D eigenvalue weighted by molar-refractivity contribution is 0.0968. The van der Waals surface area contributed by atoms with Gasteiger partial charge in [0.15, 0.2) is 5.78 Å². The van der Waals surface area contributed by atoms with E-state index in [2.05, 4.69) is 16.9 Å². The van der Waals surface area contributed by atoms with Gasteiger partial charge in [0.2, 0.25) is 0 Å². The predicted molar refractivity (Wildman–Crippen MR) is 83.0 cm³/mol. The second kappa shape index (κ2) is 5.32. The lowest BCUT2D eigenvalue weighted by atomic mass is 10.0. The van der Waals surface area contributed by atoms with Crippen molar-refractivity contribution in [3.8, 4) is 0 Å². The van der Waals surface area contributed by atoms with Crippen LogP contribution < -0.4 is 0 Å². The van der Waals surface area contributed by atoms with Gasteiger partial charge in [0, 0.05) is 5.56 Å². The minimum Gasteiger partial charge on any atom is -0.292 e. The molecule has 1 heterocycles. The highest BCUT2D eigenvalue weighted by Crippen LogP contribution is 2.14. The molecule has 0 fully saturated rings. The van der Waals surface area contributed by atoms with Crippen LogP contribution in [0.3, 0.4) is 0 Å². The molecule has 0 spiro atoms. The SMILES string of the molecule is C=C(C)c1ccc(C(=O)Cn2nnc3ccccc32)cc1. The van der Waals surface area contributed by atoms with Gasteiger partial charge in [0.05, 0.1) is 5.52 Å². The van der Waals surface area contributed by atoms with Gasteiger partial charge in [0.1, 0.15) is 12.1 Å². The number of fused-ring (bicyclic) bond motifs is 1. The number of ketones is 1. The Morgan fingerprint density at radius 2 is 1.76 bits per heavy atom. The summed E-state index contributed by atoms with van der Waals surface area (Å²) in [6, 6.07) is 15.1. The van der Waals surface area contributed by atoms with E-state index < -0.39 is 0 Å². The largest absolute Gasteiger partial charge is 0.292 e. The first kappa shape index (κ1) is 13.2. The molecule has 0 bridgehead atoms. The quantitative estimate of drug-likeness (QED) is 0.687. The van der Waals surface area contributed by atoms with Crippen LogP contribution >= 0.6 is 0 Å². The van der Waals surface area contributed by atoms with Crippen molar-refractivity contribution < 1.29 is 4.79 Å². The third kappa shape index (κ3) is 2.60. The molecule has 2 aromatic carbocycles. The molecule has 21 heavy (non-hydrogen) atoms. The maximum absolute atomic E-state index is 12.3. The Morgan fingerprint density at radius 1 is 1.10 bits per heavy atom. The molecule has 4 heteroatoms. The van der Waals surface area contributed by atoms with Crippen molar-refractivity contribution in [2.45, 2.75) is 13.5 Å². The second-order valence-corrected chi connectivity index (χ2v) is 5.02. The molecular weight excluding hydrogens is 262 g/mol. The van der Waals surface area contributed by atoms with Gasteiger partial charge in [0.25, 0.3) is 0 Å². The number of para-hydroxylation sites is 1. The van der Waals surface area contributed by atoms with Crippen molar-refractivity contribution in [2.75, 3.05) is 0 Å². The number of Topliss-reactive ketones (excluding diaryl/α,β-unsaturated/α-hetero) is 1. The van der Waals surface area contributed by atoms with Gasteiger partial charge in [-0.05, 0) is 24.6 Å². The highest BCUT2D eigenvalue weighted by atomic mass is 16.1. The van der Waals surface area contributed by atoms with Crippen LogP contribution in [0.2, 0.25) is 0 Å². The first-order chi connectivity index (χ1) is 10.1. The molecule has 3 aromatic rings. The van der Waals surface area contributed by atoms with Crippen molar-refractivity contribution >= 4 is 22.4 Å². The van der Waals surface area contributed by atoms with Crippen molar-refractivity contribution in [1.82, 2.24) is 15.0 Å². The number of carbonyl (C=O) groups excluding carboxylic acids is 1. The normalized spacial score (nSPS) is 10.7. The van der Waals surface area contributed by atoms with Crippen LogP contribution in [-0.2, 0) is 6.54 Å². The summed E-state index contributed by atoms with van der Waals surface area (Å²) in [5.41, 5.74) is 4.35. The Kier molecular flexibility index (Phi) is 3.36. The fourth-order valence-electron chi connectivity index (χ4n) is 2.20. The van der Waals surface area contributed by atoms with Crippen LogP contribution in [0.15, 0.2) is 55.1 Å². The zero-order valence-electron chi connectivity index (χ0n) is 11.8. The molecule has 3 rings (SSSR count). The molecule has 0 aliphatic carbocycles. The Balaban J connectivity index is 1.84. The number of allylic oxidation sites excluding steroid dienone is 1. The first-order valence-corrected chi connectivity index (χ1v) is 6.72. The molecular formula is C17H15N3O. The molecule has 0 aliphatic heterocycles. The minimum atomic E-state index is 0.0129. The van der Waals surface area contributed by atoms with E-state index in [4.69, 9.17) is 0 Å². The van der Waals surface area contributed by atoms with Crippen molar-refractivity contribution in [3.63, 3.8) is 0 Å². The number of nitrogens with zero attached hydrogens (tertiary/aromatic N) is 3. The van der Waals surface area contributed by atoms with Gasteiger partial charge >= 0.3 is 0 Å². The van der Waals surface area contributed by atoms with E-state index in [1.807, 2.05) is 55.5 Å². The maximum atomic E-state index is 12.3. The van der Waals surface area contributed by atoms with E-state index >= 15 is 0 Å². The molecule has 0 atom stereocenters. The van der Waals surface area contributed by atoms with E-state index in [0.717, 1.165) is 22.2 Å². The van der Waals surface area contributed by atoms with E-state index in [1.165, 1.54) is 0 Å². The Morgan fingerprint density at radius 3 is 2.48 bits per heavy atom. The summed E-state index contributed by atoms with van der Waals surface area (Å²) in [6.45, 7) is 6.02. The third-order valence-electron chi connectivity index (χ3n) is 3.41. The summed E-state index contributed by atoms with van der Waals surface area (Å²) < 4.78 is 1.63. The van der Waals surface area contributed by atoms with E-state index in [-0.39, 0.29) is 12.3 Å². The fraction of sp³-hybridized carbons (Fsp3) is 0.118. The molecule has 4 nitrogen and oxygen atoms in total. The number of benzene rings is 2. The zero-order valence-corrected chi connectivity index (χ0v) is 11.8. The number of hydrogen-bond donors (Lipinski definition) is 0. The number of hydrogen-bond acceptors (Lipinski definition) is 3. The average molecular weight is 277 g/mol. The average Bonchev–Trinajstić information content (AvgIpc) is 2.91. The molecule has 0 radical (unpaired) electrons. The summed E-state index contributed by atoms with van der Waals surface area (Å²) in [5, 5.41) is 8.09. The van der Waals surface area contributed by atoms with Crippen molar-refractivity contribution in [1.29, 1.82) is 0 Å². The van der Waals surface area contributed by atoms with E-state index in [0.29, 0.717) is 5.56 Å².